The maximum absolute atomic E-state index is 12.0. The summed E-state index contributed by atoms with van der Waals surface area (Å²) >= 11 is 0. The van der Waals surface area contributed by atoms with Crippen LogP contribution in [0.15, 0.2) is 60.7 Å². The highest BCUT2D eigenvalue weighted by Gasteiger charge is 2.21. The molecule has 1 aliphatic heterocycles. The first-order valence-electron chi connectivity index (χ1n) is 9.33. The van der Waals surface area contributed by atoms with Crippen molar-refractivity contribution in [2.75, 3.05) is 23.3 Å². The van der Waals surface area contributed by atoms with Crippen LogP contribution in [0, 0.1) is 0 Å². The van der Waals surface area contributed by atoms with Crippen LogP contribution >= 0.6 is 0 Å². The third-order valence-corrected chi connectivity index (χ3v) is 4.41. The quantitative estimate of drug-likeness (QED) is 0.728. The van der Waals surface area contributed by atoms with E-state index in [9.17, 15) is 14.4 Å². The third-order valence-electron chi connectivity index (χ3n) is 4.41. The van der Waals surface area contributed by atoms with Gasteiger partial charge in [0, 0.05) is 43.4 Å². The molecule has 3 rings (SSSR count). The van der Waals surface area contributed by atoms with Crippen LogP contribution in [0.3, 0.4) is 0 Å². The van der Waals surface area contributed by atoms with E-state index in [1.54, 1.807) is 23.1 Å². The predicted molar refractivity (Wildman–Crippen MR) is 110 cm³/mol. The maximum atomic E-state index is 12.0. The van der Waals surface area contributed by atoms with Gasteiger partial charge in [-0.15, -0.1) is 0 Å². The fraction of sp³-hybridized carbons (Fsp3) is 0.227. The molecule has 0 bridgehead atoms. The van der Waals surface area contributed by atoms with E-state index >= 15 is 0 Å². The van der Waals surface area contributed by atoms with E-state index in [2.05, 4.69) is 10.6 Å². The lowest BCUT2D eigenvalue weighted by Gasteiger charge is -2.16. The molecule has 1 heterocycles. The Labute approximate surface area is 164 Å². The van der Waals surface area contributed by atoms with Crippen molar-refractivity contribution in [3.8, 4) is 0 Å². The molecule has 0 aromatic heterocycles. The molecule has 28 heavy (non-hydrogen) atoms. The van der Waals surface area contributed by atoms with E-state index in [0.29, 0.717) is 12.1 Å². The summed E-state index contributed by atoms with van der Waals surface area (Å²) < 4.78 is 0. The van der Waals surface area contributed by atoms with Crippen molar-refractivity contribution in [3.63, 3.8) is 0 Å². The zero-order valence-corrected chi connectivity index (χ0v) is 15.6. The Morgan fingerprint density at radius 1 is 1.04 bits per heavy atom. The van der Waals surface area contributed by atoms with E-state index in [1.807, 2.05) is 42.5 Å². The van der Waals surface area contributed by atoms with E-state index in [1.165, 1.54) is 6.08 Å². The number of nitrogens with one attached hydrogen (secondary N) is 2. The Balaban J connectivity index is 1.40. The minimum Gasteiger partial charge on any atom is -0.352 e. The number of nitrogens with zero attached hydrogens (tertiary/aromatic N) is 1. The highest BCUT2D eigenvalue weighted by atomic mass is 16.2. The maximum Gasteiger partial charge on any atom is 0.244 e. The fourth-order valence-electron chi connectivity index (χ4n) is 2.96. The molecule has 0 radical (unpaired) electrons. The summed E-state index contributed by atoms with van der Waals surface area (Å²) in [7, 11) is 0. The average molecular weight is 377 g/mol. The zero-order valence-electron chi connectivity index (χ0n) is 15.6. The van der Waals surface area contributed by atoms with Gasteiger partial charge in [0.25, 0.3) is 0 Å². The van der Waals surface area contributed by atoms with Crippen LogP contribution in [0.1, 0.15) is 24.8 Å². The highest BCUT2D eigenvalue weighted by Crippen LogP contribution is 2.23. The lowest BCUT2D eigenvalue weighted by Crippen LogP contribution is -2.26. The Hall–Kier alpha value is -3.41. The topological polar surface area (TPSA) is 78.5 Å². The summed E-state index contributed by atoms with van der Waals surface area (Å²) in [5.41, 5.74) is 2.45. The molecule has 1 saturated heterocycles. The van der Waals surface area contributed by atoms with Crippen molar-refractivity contribution in [2.45, 2.75) is 19.3 Å². The molecule has 2 aromatic carbocycles. The number of benzene rings is 2. The number of hydrogen-bond acceptors (Lipinski definition) is 3. The zero-order chi connectivity index (χ0) is 19.8. The Kier molecular flexibility index (Phi) is 6.57. The first kappa shape index (κ1) is 19.4. The summed E-state index contributed by atoms with van der Waals surface area (Å²) in [4.78, 5) is 37.3. The van der Waals surface area contributed by atoms with Gasteiger partial charge in [-0.2, -0.15) is 0 Å². The van der Waals surface area contributed by atoms with Crippen LogP contribution < -0.4 is 15.5 Å². The van der Waals surface area contributed by atoms with Crippen molar-refractivity contribution >= 4 is 35.2 Å². The molecule has 6 heteroatoms. The normalized spacial score (nSPS) is 13.7. The molecule has 0 aliphatic carbocycles. The smallest absolute Gasteiger partial charge is 0.244 e. The van der Waals surface area contributed by atoms with Gasteiger partial charge < -0.3 is 15.5 Å². The number of rotatable bonds is 7. The largest absolute Gasteiger partial charge is 0.352 e. The van der Waals surface area contributed by atoms with Crippen molar-refractivity contribution < 1.29 is 14.4 Å². The van der Waals surface area contributed by atoms with Gasteiger partial charge in [0.2, 0.25) is 17.7 Å². The van der Waals surface area contributed by atoms with E-state index < -0.39 is 0 Å². The molecule has 0 unspecified atom stereocenters. The Morgan fingerprint density at radius 2 is 1.79 bits per heavy atom. The summed E-state index contributed by atoms with van der Waals surface area (Å²) in [6.45, 7) is 0.993. The first-order valence-corrected chi connectivity index (χ1v) is 9.33. The Morgan fingerprint density at radius 3 is 2.46 bits per heavy atom. The second-order valence-electron chi connectivity index (χ2n) is 6.53. The molecule has 1 aliphatic rings. The van der Waals surface area contributed by atoms with Crippen LogP contribution in [-0.2, 0) is 14.4 Å². The van der Waals surface area contributed by atoms with Gasteiger partial charge in [-0.1, -0.05) is 30.3 Å². The molecule has 0 spiro atoms. The molecule has 1 fully saturated rings. The molecule has 2 aromatic rings. The van der Waals surface area contributed by atoms with Crippen molar-refractivity contribution in [2.24, 2.45) is 0 Å². The summed E-state index contributed by atoms with van der Waals surface area (Å²) in [6.07, 6.45) is 4.82. The molecule has 3 amide bonds. The van der Waals surface area contributed by atoms with E-state index in [4.69, 9.17) is 0 Å². The second kappa shape index (κ2) is 9.50. The molecule has 0 saturated carbocycles. The molecular formula is C22H23N3O3. The molecule has 6 nitrogen and oxygen atoms in total. The minimum absolute atomic E-state index is 0.133. The number of amides is 3. The monoisotopic (exact) mass is 377 g/mol. The molecule has 2 N–H and O–H groups in total. The number of carbonyl (C=O) groups excluding carboxylic acids is 3. The predicted octanol–water partition coefficient (Wildman–Crippen LogP) is 2.97. The fourth-order valence-corrected chi connectivity index (χ4v) is 2.96. The standard InChI is InChI=1S/C22H23N3O3/c26-20(13-8-17-5-2-1-3-6-17)23-15-14-21(27)24-18-9-11-19(12-10-18)25-16-4-7-22(25)28/h1-3,5-6,8-13H,4,7,14-16H2,(H,23,26)(H,24,27)/b13-8+. The SMILES string of the molecule is O=C(/C=C/c1ccccc1)NCCC(=O)Nc1ccc(N2CCCC2=O)cc1. The van der Waals surface area contributed by atoms with Gasteiger partial charge in [-0.05, 0) is 42.3 Å². The number of hydrogen-bond donors (Lipinski definition) is 2. The summed E-state index contributed by atoms with van der Waals surface area (Å²) in [6, 6.07) is 16.7. The van der Waals surface area contributed by atoms with Crippen LogP contribution in [0.4, 0.5) is 11.4 Å². The second-order valence-corrected chi connectivity index (χ2v) is 6.53. The number of carbonyl (C=O) groups is 3. The molecule has 0 atom stereocenters. The molecular weight excluding hydrogens is 354 g/mol. The lowest BCUT2D eigenvalue weighted by molar-refractivity contribution is -0.118. The van der Waals surface area contributed by atoms with Crippen LogP contribution in [0.5, 0.6) is 0 Å². The summed E-state index contributed by atoms with van der Waals surface area (Å²) in [5.74, 6) is -0.289. The van der Waals surface area contributed by atoms with Crippen molar-refractivity contribution in [1.82, 2.24) is 5.32 Å². The summed E-state index contributed by atoms with van der Waals surface area (Å²) in [5, 5.41) is 5.48. The van der Waals surface area contributed by atoms with Gasteiger partial charge >= 0.3 is 0 Å². The van der Waals surface area contributed by atoms with Crippen LogP contribution in [0.25, 0.3) is 6.08 Å². The number of anilines is 2. The van der Waals surface area contributed by atoms with Gasteiger partial charge in [-0.3, -0.25) is 14.4 Å². The van der Waals surface area contributed by atoms with Gasteiger partial charge in [0.15, 0.2) is 0 Å². The van der Waals surface area contributed by atoms with Crippen LogP contribution in [-0.4, -0.2) is 30.8 Å². The molecule has 144 valence electrons. The highest BCUT2D eigenvalue weighted by molar-refractivity contribution is 5.96. The van der Waals surface area contributed by atoms with E-state index in [-0.39, 0.29) is 30.7 Å². The lowest BCUT2D eigenvalue weighted by atomic mass is 10.2. The van der Waals surface area contributed by atoms with Gasteiger partial charge in [0.1, 0.15) is 0 Å². The van der Waals surface area contributed by atoms with Crippen LogP contribution in [0.2, 0.25) is 0 Å². The first-order chi connectivity index (χ1) is 13.6. The van der Waals surface area contributed by atoms with Gasteiger partial charge in [-0.25, -0.2) is 0 Å². The van der Waals surface area contributed by atoms with E-state index in [0.717, 1.165) is 24.2 Å². The minimum atomic E-state index is -0.240. The van der Waals surface area contributed by atoms with Crippen molar-refractivity contribution in [3.05, 3.63) is 66.2 Å². The Bertz CT molecular complexity index is 860. The average Bonchev–Trinajstić information content (AvgIpc) is 3.14. The van der Waals surface area contributed by atoms with Crippen molar-refractivity contribution in [1.29, 1.82) is 0 Å². The third kappa shape index (κ3) is 5.54. The van der Waals surface area contributed by atoms with Gasteiger partial charge in [0.05, 0.1) is 0 Å².